The van der Waals surface area contributed by atoms with E-state index in [2.05, 4.69) is 20.9 Å². The average molecular weight is 343 g/mol. The Kier molecular flexibility index (Phi) is 4.86. The molecule has 0 spiro atoms. The molecule has 1 amide bonds. The van der Waals surface area contributed by atoms with Gasteiger partial charge in [-0.15, -0.1) is 0 Å². The van der Waals surface area contributed by atoms with Gasteiger partial charge in [0.15, 0.2) is 6.61 Å². The third-order valence-corrected chi connectivity index (χ3v) is 4.13. The van der Waals surface area contributed by atoms with Crippen molar-refractivity contribution in [1.82, 2.24) is 9.88 Å². The molecule has 0 unspecified atom stereocenters. The van der Waals surface area contributed by atoms with Crippen molar-refractivity contribution in [3.63, 3.8) is 0 Å². The summed E-state index contributed by atoms with van der Waals surface area (Å²) in [4.78, 5) is 28.6. The van der Waals surface area contributed by atoms with Crippen LogP contribution in [0, 0.1) is 0 Å². The lowest BCUT2D eigenvalue weighted by atomic mass is 9.97. The zero-order chi connectivity index (χ0) is 14.7. The van der Waals surface area contributed by atoms with Crippen LogP contribution >= 0.6 is 15.9 Å². The van der Waals surface area contributed by atoms with Crippen molar-refractivity contribution in [2.45, 2.75) is 45.2 Å². The molecular weight excluding hydrogens is 324 g/mol. The summed E-state index contributed by atoms with van der Waals surface area (Å²) >= 11 is 3.24. The number of nitrogens with zero attached hydrogens (tertiary/aromatic N) is 1. The summed E-state index contributed by atoms with van der Waals surface area (Å²) < 4.78 is 5.84. The maximum absolute atomic E-state index is 12.2. The summed E-state index contributed by atoms with van der Waals surface area (Å²) in [5.74, 6) is -0.634. The minimum absolute atomic E-state index is 0.122. The first-order chi connectivity index (χ1) is 9.49. The van der Waals surface area contributed by atoms with E-state index in [0.717, 1.165) is 23.7 Å². The second-order valence-corrected chi connectivity index (χ2v) is 6.15. The van der Waals surface area contributed by atoms with Gasteiger partial charge in [-0.2, -0.15) is 0 Å². The molecule has 2 atom stereocenters. The van der Waals surface area contributed by atoms with Crippen molar-refractivity contribution < 1.29 is 14.3 Å². The van der Waals surface area contributed by atoms with E-state index in [1.807, 2.05) is 18.7 Å². The maximum Gasteiger partial charge on any atom is 0.355 e. The number of piperidine rings is 1. The lowest BCUT2D eigenvalue weighted by molar-refractivity contribution is -0.140. The molecule has 0 radical (unpaired) electrons. The second-order valence-electron chi connectivity index (χ2n) is 5.24. The molecular formula is C14H19BrN2O3. The molecule has 2 heterocycles. The van der Waals surface area contributed by atoms with Crippen molar-refractivity contribution in [1.29, 1.82) is 0 Å². The number of aromatic nitrogens is 1. The first-order valence-electron chi connectivity index (χ1n) is 6.81. The van der Waals surface area contributed by atoms with Gasteiger partial charge in [0.05, 0.1) is 0 Å². The zero-order valence-electron chi connectivity index (χ0n) is 11.7. The molecule has 1 aliphatic rings. The van der Waals surface area contributed by atoms with Crippen LogP contribution in [0.3, 0.4) is 0 Å². The smallest absolute Gasteiger partial charge is 0.355 e. The van der Waals surface area contributed by atoms with E-state index in [-0.39, 0.29) is 24.6 Å². The van der Waals surface area contributed by atoms with Crippen LogP contribution in [0.15, 0.2) is 16.7 Å². The predicted octanol–water partition coefficient (Wildman–Crippen LogP) is 2.72. The number of halogens is 1. The van der Waals surface area contributed by atoms with Crippen LogP contribution in [0.1, 0.15) is 43.6 Å². The highest BCUT2D eigenvalue weighted by atomic mass is 79.9. The Morgan fingerprint density at radius 1 is 1.40 bits per heavy atom. The molecule has 0 aromatic carbocycles. The number of carbonyl (C=O) groups excluding carboxylic acids is 2. The number of amides is 1. The van der Waals surface area contributed by atoms with E-state index in [1.54, 1.807) is 12.3 Å². The minimum Gasteiger partial charge on any atom is -0.451 e. The largest absolute Gasteiger partial charge is 0.451 e. The first kappa shape index (κ1) is 15.1. The monoisotopic (exact) mass is 342 g/mol. The molecule has 0 saturated carbocycles. The summed E-state index contributed by atoms with van der Waals surface area (Å²) in [6, 6.07) is 2.05. The minimum atomic E-state index is -0.513. The Balaban J connectivity index is 1.90. The Morgan fingerprint density at radius 2 is 2.05 bits per heavy atom. The summed E-state index contributed by atoms with van der Waals surface area (Å²) in [5, 5.41) is 0. The van der Waals surface area contributed by atoms with Crippen LogP contribution in [0.25, 0.3) is 0 Å². The van der Waals surface area contributed by atoms with Gasteiger partial charge in [0, 0.05) is 22.8 Å². The van der Waals surface area contributed by atoms with Gasteiger partial charge in [0.1, 0.15) is 5.69 Å². The summed E-state index contributed by atoms with van der Waals surface area (Å²) in [5.41, 5.74) is 0.337. The number of likely N-dealkylation sites (tertiary alicyclic amines) is 1. The van der Waals surface area contributed by atoms with Gasteiger partial charge in [-0.25, -0.2) is 4.79 Å². The van der Waals surface area contributed by atoms with Crippen LogP contribution in [0.4, 0.5) is 0 Å². The molecule has 1 aliphatic heterocycles. The quantitative estimate of drug-likeness (QED) is 0.859. The van der Waals surface area contributed by atoms with Crippen LogP contribution in [0.2, 0.25) is 0 Å². The highest BCUT2D eigenvalue weighted by Crippen LogP contribution is 2.22. The lowest BCUT2D eigenvalue weighted by Crippen LogP contribution is -2.49. The zero-order valence-corrected chi connectivity index (χ0v) is 13.3. The second kappa shape index (κ2) is 6.43. The number of esters is 1. The van der Waals surface area contributed by atoms with Gasteiger partial charge >= 0.3 is 5.97 Å². The third kappa shape index (κ3) is 3.42. The Morgan fingerprint density at radius 3 is 2.60 bits per heavy atom. The molecule has 0 aliphatic carbocycles. The number of ether oxygens (including phenoxy) is 1. The fraction of sp³-hybridized carbons (Fsp3) is 0.571. The molecule has 110 valence electrons. The molecule has 1 fully saturated rings. The molecule has 6 heteroatoms. The molecule has 1 saturated heterocycles. The summed E-state index contributed by atoms with van der Waals surface area (Å²) in [6.45, 7) is 3.87. The summed E-state index contributed by atoms with van der Waals surface area (Å²) in [6.07, 6.45) is 4.80. The number of aromatic amines is 1. The number of hydrogen-bond donors (Lipinski definition) is 1. The van der Waals surface area contributed by atoms with Gasteiger partial charge in [0.25, 0.3) is 5.91 Å². The van der Waals surface area contributed by atoms with E-state index >= 15 is 0 Å². The lowest BCUT2D eigenvalue weighted by Gasteiger charge is -2.38. The molecule has 1 aromatic rings. The van der Waals surface area contributed by atoms with Gasteiger partial charge in [-0.1, -0.05) is 0 Å². The molecule has 1 N–H and O–H groups in total. The van der Waals surface area contributed by atoms with Gasteiger partial charge < -0.3 is 14.6 Å². The molecule has 0 bridgehead atoms. The molecule has 2 rings (SSSR count). The predicted molar refractivity (Wildman–Crippen MR) is 78.4 cm³/mol. The van der Waals surface area contributed by atoms with E-state index in [9.17, 15) is 9.59 Å². The van der Waals surface area contributed by atoms with Crippen molar-refractivity contribution in [2.75, 3.05) is 6.61 Å². The number of H-pyrrole nitrogens is 1. The van der Waals surface area contributed by atoms with Crippen molar-refractivity contribution in [3.05, 3.63) is 22.4 Å². The van der Waals surface area contributed by atoms with E-state index in [0.29, 0.717) is 5.69 Å². The Hall–Kier alpha value is -1.30. The van der Waals surface area contributed by atoms with Crippen LogP contribution in [-0.4, -0.2) is 40.5 Å². The van der Waals surface area contributed by atoms with Crippen LogP contribution < -0.4 is 0 Å². The normalized spacial score (nSPS) is 22.6. The van der Waals surface area contributed by atoms with Crippen molar-refractivity contribution in [3.8, 4) is 0 Å². The fourth-order valence-electron chi connectivity index (χ4n) is 2.68. The SMILES string of the molecule is C[C@H]1CCC[C@H](C)N1C(=O)COC(=O)c1cc(Br)c[nH]1. The first-order valence-corrected chi connectivity index (χ1v) is 7.60. The molecule has 5 nitrogen and oxygen atoms in total. The number of hydrogen-bond acceptors (Lipinski definition) is 3. The van der Waals surface area contributed by atoms with E-state index < -0.39 is 5.97 Å². The third-order valence-electron chi connectivity index (χ3n) is 3.68. The van der Waals surface area contributed by atoms with Crippen molar-refractivity contribution in [2.24, 2.45) is 0 Å². The maximum atomic E-state index is 12.2. The number of nitrogens with one attached hydrogen (secondary N) is 1. The standard InChI is InChI=1S/C14H19BrN2O3/c1-9-4-3-5-10(2)17(9)13(18)8-20-14(19)12-6-11(15)7-16-12/h6-7,9-10,16H,3-5,8H2,1-2H3/t9-,10-/m0/s1. The Bertz CT molecular complexity index is 490. The van der Waals surface area contributed by atoms with Gasteiger partial charge in [-0.3, -0.25) is 4.79 Å². The number of carbonyl (C=O) groups is 2. The molecule has 20 heavy (non-hydrogen) atoms. The fourth-order valence-corrected chi connectivity index (χ4v) is 3.02. The highest BCUT2D eigenvalue weighted by molar-refractivity contribution is 9.10. The molecule has 1 aromatic heterocycles. The van der Waals surface area contributed by atoms with Crippen LogP contribution in [0.5, 0.6) is 0 Å². The van der Waals surface area contributed by atoms with Crippen LogP contribution in [-0.2, 0) is 9.53 Å². The summed E-state index contributed by atoms with van der Waals surface area (Å²) in [7, 11) is 0. The van der Waals surface area contributed by atoms with Crippen molar-refractivity contribution >= 4 is 27.8 Å². The van der Waals surface area contributed by atoms with E-state index in [1.165, 1.54) is 0 Å². The topological polar surface area (TPSA) is 62.4 Å². The Labute approximate surface area is 126 Å². The highest BCUT2D eigenvalue weighted by Gasteiger charge is 2.29. The van der Waals surface area contributed by atoms with E-state index in [4.69, 9.17) is 4.74 Å². The van der Waals surface area contributed by atoms with Gasteiger partial charge in [0.2, 0.25) is 0 Å². The van der Waals surface area contributed by atoms with Gasteiger partial charge in [-0.05, 0) is 55.1 Å². The number of rotatable bonds is 3. The average Bonchev–Trinajstić information content (AvgIpc) is 2.82.